The molecule has 1 amide bonds. The Labute approximate surface area is 134 Å². The summed E-state index contributed by atoms with van der Waals surface area (Å²) in [7, 11) is 0. The zero-order chi connectivity index (χ0) is 16.0. The fraction of sp³-hybridized carbons (Fsp3) is 0.444. The highest BCUT2D eigenvalue weighted by molar-refractivity contribution is 6.01. The summed E-state index contributed by atoms with van der Waals surface area (Å²) in [5, 5.41) is 4.05. The number of carbonyl (C=O) groups excluding carboxylic acids is 2. The summed E-state index contributed by atoms with van der Waals surface area (Å²) < 4.78 is 7.17. The molecule has 1 spiro atoms. The molecule has 1 saturated carbocycles. The van der Waals surface area contributed by atoms with E-state index < -0.39 is 0 Å². The lowest BCUT2D eigenvalue weighted by atomic mass is 9.68. The Bertz CT molecular complexity index is 802. The van der Waals surface area contributed by atoms with Gasteiger partial charge in [-0.05, 0) is 38.0 Å². The van der Waals surface area contributed by atoms with E-state index in [0.29, 0.717) is 17.9 Å². The van der Waals surface area contributed by atoms with Crippen LogP contribution in [0.5, 0.6) is 0 Å². The fourth-order valence-corrected chi connectivity index (χ4v) is 3.72. The zero-order valence-electron chi connectivity index (χ0n) is 13.2. The summed E-state index contributed by atoms with van der Waals surface area (Å²) in [4.78, 5) is 24.4. The molecule has 0 radical (unpaired) electrons. The molecule has 0 saturated heterocycles. The third kappa shape index (κ3) is 2.22. The molecule has 4 rings (SSSR count). The molecule has 23 heavy (non-hydrogen) atoms. The van der Waals surface area contributed by atoms with Crippen molar-refractivity contribution in [2.75, 3.05) is 13.2 Å². The van der Waals surface area contributed by atoms with Gasteiger partial charge in [0, 0.05) is 29.4 Å². The lowest BCUT2D eigenvalue weighted by molar-refractivity contribution is 0.0526. The van der Waals surface area contributed by atoms with Crippen LogP contribution in [0.1, 0.15) is 47.0 Å². The number of hydrogen-bond donors (Lipinski definition) is 1. The first kappa shape index (κ1) is 14.3. The van der Waals surface area contributed by atoms with Crippen LogP contribution in [0, 0.1) is 5.41 Å². The average molecular weight is 312 g/mol. The summed E-state index contributed by atoms with van der Waals surface area (Å²) in [5.74, 6) is -0.343. The number of rotatable bonds is 2. The van der Waals surface area contributed by atoms with E-state index in [-0.39, 0.29) is 17.3 Å². The van der Waals surface area contributed by atoms with Crippen molar-refractivity contribution in [1.82, 2.24) is 9.88 Å². The second-order valence-electron chi connectivity index (χ2n) is 6.65. The number of esters is 1. The van der Waals surface area contributed by atoms with Crippen molar-refractivity contribution in [3.8, 4) is 0 Å². The monoisotopic (exact) mass is 312 g/mol. The number of aromatic nitrogens is 1. The summed E-state index contributed by atoms with van der Waals surface area (Å²) in [6.45, 7) is 3.72. The van der Waals surface area contributed by atoms with Crippen molar-refractivity contribution in [2.24, 2.45) is 5.41 Å². The maximum absolute atomic E-state index is 12.4. The Kier molecular flexibility index (Phi) is 3.18. The Balaban J connectivity index is 1.83. The van der Waals surface area contributed by atoms with Gasteiger partial charge in [0.1, 0.15) is 5.69 Å². The number of hydrogen-bond acceptors (Lipinski definition) is 3. The highest BCUT2D eigenvalue weighted by Crippen LogP contribution is 2.44. The van der Waals surface area contributed by atoms with Crippen LogP contribution in [0.15, 0.2) is 24.3 Å². The molecule has 1 aromatic heterocycles. The first-order valence-electron chi connectivity index (χ1n) is 8.20. The zero-order valence-corrected chi connectivity index (χ0v) is 13.2. The van der Waals surface area contributed by atoms with Crippen LogP contribution in [0.2, 0.25) is 0 Å². The summed E-state index contributed by atoms with van der Waals surface area (Å²) in [5.41, 5.74) is 2.33. The van der Waals surface area contributed by atoms with Crippen molar-refractivity contribution in [1.29, 1.82) is 0 Å². The predicted molar refractivity (Wildman–Crippen MR) is 86.5 cm³/mol. The van der Waals surface area contributed by atoms with Crippen LogP contribution in [0.4, 0.5) is 0 Å². The molecule has 0 unspecified atom stereocenters. The molecule has 1 aliphatic heterocycles. The number of carbonyl (C=O) groups is 2. The molecular weight excluding hydrogens is 292 g/mol. The molecule has 2 heterocycles. The molecule has 2 aliphatic rings. The molecule has 120 valence electrons. The Hall–Kier alpha value is -2.30. The minimum absolute atomic E-state index is 0.0253. The molecule has 0 atom stereocenters. The Morgan fingerprint density at radius 1 is 1.35 bits per heavy atom. The van der Waals surface area contributed by atoms with E-state index >= 15 is 0 Å². The number of nitrogens with zero attached hydrogens (tertiary/aromatic N) is 1. The molecule has 2 aromatic rings. The van der Waals surface area contributed by atoms with Crippen LogP contribution in [-0.2, 0) is 11.3 Å². The maximum Gasteiger partial charge on any atom is 0.338 e. The van der Waals surface area contributed by atoms with Gasteiger partial charge < -0.3 is 14.6 Å². The van der Waals surface area contributed by atoms with Gasteiger partial charge >= 0.3 is 5.97 Å². The third-order valence-electron chi connectivity index (χ3n) is 5.18. The van der Waals surface area contributed by atoms with E-state index in [1.807, 2.05) is 18.2 Å². The average Bonchev–Trinajstić information content (AvgIpc) is 2.79. The van der Waals surface area contributed by atoms with Gasteiger partial charge in [-0.1, -0.05) is 12.5 Å². The second kappa shape index (κ2) is 5.11. The van der Waals surface area contributed by atoms with Gasteiger partial charge in [-0.3, -0.25) is 4.79 Å². The van der Waals surface area contributed by atoms with Gasteiger partial charge in [0.2, 0.25) is 0 Å². The first-order valence-corrected chi connectivity index (χ1v) is 8.20. The molecule has 0 bridgehead atoms. The van der Waals surface area contributed by atoms with E-state index in [1.54, 1.807) is 13.0 Å². The lowest BCUT2D eigenvalue weighted by Gasteiger charge is -2.41. The fourth-order valence-electron chi connectivity index (χ4n) is 3.72. The van der Waals surface area contributed by atoms with Crippen molar-refractivity contribution in [3.05, 3.63) is 35.5 Å². The third-order valence-corrected chi connectivity index (χ3v) is 5.18. The molecule has 5 heteroatoms. The highest BCUT2D eigenvalue weighted by Gasteiger charge is 2.40. The smallest absolute Gasteiger partial charge is 0.338 e. The number of benzene rings is 1. The maximum atomic E-state index is 12.4. The minimum atomic E-state index is -0.318. The topological polar surface area (TPSA) is 60.3 Å². The largest absolute Gasteiger partial charge is 0.462 e. The Morgan fingerprint density at radius 2 is 2.17 bits per heavy atom. The first-order chi connectivity index (χ1) is 11.1. The summed E-state index contributed by atoms with van der Waals surface area (Å²) >= 11 is 0. The molecule has 5 nitrogen and oxygen atoms in total. The molecule has 1 fully saturated rings. The van der Waals surface area contributed by atoms with Gasteiger partial charge in [-0.25, -0.2) is 4.79 Å². The van der Waals surface area contributed by atoms with Crippen molar-refractivity contribution in [2.45, 2.75) is 32.7 Å². The molecule has 1 aromatic carbocycles. The van der Waals surface area contributed by atoms with Crippen LogP contribution in [0.25, 0.3) is 10.9 Å². The van der Waals surface area contributed by atoms with E-state index in [2.05, 4.69) is 9.88 Å². The SMILES string of the molecule is CCOC(=O)c1ccc2cc3n(c2c1)CC1(CCC1)CNC3=O. The number of nitrogens with one attached hydrogen (secondary N) is 1. The van der Waals surface area contributed by atoms with Crippen LogP contribution in [-0.4, -0.2) is 29.6 Å². The number of fused-ring (bicyclic) bond motifs is 3. The van der Waals surface area contributed by atoms with Crippen LogP contribution >= 0.6 is 0 Å². The lowest BCUT2D eigenvalue weighted by Crippen LogP contribution is -2.41. The molecule has 1 aliphatic carbocycles. The van der Waals surface area contributed by atoms with E-state index in [1.165, 1.54) is 6.42 Å². The second-order valence-corrected chi connectivity index (χ2v) is 6.65. The van der Waals surface area contributed by atoms with Crippen molar-refractivity contribution >= 4 is 22.8 Å². The van der Waals surface area contributed by atoms with Gasteiger partial charge in [0.05, 0.1) is 12.2 Å². The van der Waals surface area contributed by atoms with Gasteiger partial charge in [-0.2, -0.15) is 0 Å². The van der Waals surface area contributed by atoms with Crippen molar-refractivity contribution < 1.29 is 14.3 Å². The quantitative estimate of drug-likeness (QED) is 0.867. The number of ether oxygens (including phenoxy) is 1. The normalized spacial score (nSPS) is 18.9. The summed E-state index contributed by atoms with van der Waals surface area (Å²) in [6.07, 6.45) is 3.51. The van der Waals surface area contributed by atoms with Crippen molar-refractivity contribution in [3.63, 3.8) is 0 Å². The van der Waals surface area contributed by atoms with Crippen LogP contribution < -0.4 is 5.32 Å². The van der Waals surface area contributed by atoms with E-state index in [4.69, 9.17) is 4.74 Å². The van der Waals surface area contributed by atoms with Crippen LogP contribution in [0.3, 0.4) is 0 Å². The van der Waals surface area contributed by atoms with Gasteiger partial charge in [0.15, 0.2) is 0 Å². The van der Waals surface area contributed by atoms with Gasteiger partial charge in [0.25, 0.3) is 5.91 Å². The van der Waals surface area contributed by atoms with E-state index in [9.17, 15) is 9.59 Å². The number of amides is 1. The van der Waals surface area contributed by atoms with Gasteiger partial charge in [-0.15, -0.1) is 0 Å². The molecular formula is C18H20N2O3. The standard InChI is InChI=1S/C18H20N2O3/c1-2-23-17(22)13-5-4-12-8-15-16(21)19-10-18(6-3-7-18)11-20(15)14(12)9-13/h4-5,8-9H,2-3,6-7,10-11H2,1H3,(H,19,21). The van der Waals surface area contributed by atoms with E-state index in [0.717, 1.165) is 36.8 Å². The predicted octanol–water partition coefficient (Wildman–Crippen LogP) is 2.73. The minimum Gasteiger partial charge on any atom is -0.462 e. The Morgan fingerprint density at radius 3 is 2.87 bits per heavy atom. The summed E-state index contributed by atoms with van der Waals surface area (Å²) in [6, 6.07) is 7.42. The highest BCUT2D eigenvalue weighted by atomic mass is 16.5. The molecule has 1 N–H and O–H groups in total.